The number of carbonyl (C=O) groups is 2. The molecule has 142 valence electrons. The minimum atomic E-state index is -0.238. The van der Waals surface area contributed by atoms with E-state index in [2.05, 4.69) is 5.32 Å². The Labute approximate surface area is 157 Å². The summed E-state index contributed by atoms with van der Waals surface area (Å²) in [6.45, 7) is 0.251. The Morgan fingerprint density at radius 2 is 1.78 bits per heavy atom. The van der Waals surface area contributed by atoms with Crippen molar-refractivity contribution in [2.45, 2.75) is 0 Å². The number of para-hydroxylation sites is 1. The largest absolute Gasteiger partial charge is 0.495 e. The fraction of sp³-hybridized carbons (Fsp3) is 0.300. The highest BCUT2D eigenvalue weighted by Gasteiger charge is 2.16. The molecule has 7 heteroatoms. The minimum Gasteiger partial charge on any atom is -0.495 e. The van der Waals surface area contributed by atoms with E-state index in [4.69, 9.17) is 9.15 Å². The third-order valence-corrected chi connectivity index (χ3v) is 4.29. The fourth-order valence-electron chi connectivity index (χ4n) is 2.88. The lowest BCUT2D eigenvalue weighted by Gasteiger charge is -2.18. The number of anilines is 1. The van der Waals surface area contributed by atoms with E-state index in [1.54, 1.807) is 39.2 Å². The molecule has 0 saturated heterocycles. The standard InChI is InChI=1S/C20H23N3O4/c1-22(2)20(25)12-23(3)11-19(24)21-15-10-17-14(9-18(15)26-4)13-7-5-6-8-16(13)27-17/h5-10H,11-12H2,1-4H3,(H,21,24). The molecule has 2 amide bonds. The first kappa shape index (κ1) is 18.7. The van der Waals surface area contributed by atoms with Gasteiger partial charge in [-0.25, -0.2) is 0 Å². The molecule has 1 aromatic heterocycles. The molecular formula is C20H23N3O4. The molecule has 0 aliphatic rings. The lowest BCUT2D eigenvalue weighted by atomic mass is 10.1. The number of nitrogens with one attached hydrogen (secondary N) is 1. The van der Waals surface area contributed by atoms with Crippen LogP contribution in [0, 0.1) is 0 Å². The molecule has 0 saturated carbocycles. The predicted molar refractivity (Wildman–Crippen MR) is 105 cm³/mol. The van der Waals surface area contributed by atoms with Gasteiger partial charge in [0.25, 0.3) is 0 Å². The molecule has 0 aliphatic carbocycles. The van der Waals surface area contributed by atoms with Gasteiger partial charge in [0.1, 0.15) is 16.9 Å². The first-order valence-electron chi connectivity index (χ1n) is 8.57. The molecule has 0 fully saturated rings. The summed E-state index contributed by atoms with van der Waals surface area (Å²) in [5.41, 5.74) is 1.98. The number of amides is 2. The number of hydrogen-bond acceptors (Lipinski definition) is 5. The van der Waals surface area contributed by atoms with E-state index in [0.717, 1.165) is 16.4 Å². The van der Waals surface area contributed by atoms with Crippen LogP contribution in [0.15, 0.2) is 40.8 Å². The Balaban J connectivity index is 1.80. The molecule has 1 N–H and O–H groups in total. The van der Waals surface area contributed by atoms with Crippen molar-refractivity contribution in [1.29, 1.82) is 0 Å². The fourth-order valence-corrected chi connectivity index (χ4v) is 2.88. The molecule has 0 bridgehead atoms. The van der Waals surface area contributed by atoms with Crippen molar-refractivity contribution in [2.24, 2.45) is 0 Å². The van der Waals surface area contributed by atoms with Crippen molar-refractivity contribution in [1.82, 2.24) is 9.80 Å². The number of rotatable bonds is 6. The zero-order valence-electron chi connectivity index (χ0n) is 15.9. The molecule has 3 rings (SSSR count). The van der Waals surface area contributed by atoms with Gasteiger partial charge < -0.3 is 19.4 Å². The van der Waals surface area contributed by atoms with Gasteiger partial charge in [-0.3, -0.25) is 14.5 Å². The van der Waals surface area contributed by atoms with E-state index in [0.29, 0.717) is 17.0 Å². The number of carbonyl (C=O) groups excluding carboxylic acids is 2. The van der Waals surface area contributed by atoms with E-state index in [1.807, 2.05) is 30.3 Å². The Hall–Kier alpha value is -3.06. The summed E-state index contributed by atoms with van der Waals surface area (Å²) in [6, 6.07) is 11.4. The summed E-state index contributed by atoms with van der Waals surface area (Å²) in [5.74, 6) is 0.249. The Bertz CT molecular complexity index is 993. The number of furan rings is 1. The van der Waals surface area contributed by atoms with Crippen molar-refractivity contribution in [2.75, 3.05) is 46.7 Å². The number of benzene rings is 2. The van der Waals surface area contributed by atoms with Crippen molar-refractivity contribution >= 4 is 39.4 Å². The lowest BCUT2D eigenvalue weighted by molar-refractivity contribution is -0.130. The molecule has 0 atom stereocenters. The molecule has 0 aliphatic heterocycles. The molecule has 7 nitrogen and oxygen atoms in total. The average Bonchev–Trinajstić information content (AvgIpc) is 2.97. The summed E-state index contributed by atoms with van der Waals surface area (Å²) in [4.78, 5) is 27.3. The summed E-state index contributed by atoms with van der Waals surface area (Å²) in [5, 5.41) is 4.76. The summed E-state index contributed by atoms with van der Waals surface area (Å²) in [6.07, 6.45) is 0. The summed E-state index contributed by atoms with van der Waals surface area (Å²) >= 11 is 0. The Kier molecular flexibility index (Phi) is 5.32. The van der Waals surface area contributed by atoms with Crippen molar-refractivity contribution in [3.63, 3.8) is 0 Å². The summed E-state index contributed by atoms with van der Waals surface area (Å²) in [7, 11) is 6.65. The van der Waals surface area contributed by atoms with Gasteiger partial charge in [0.15, 0.2) is 0 Å². The SMILES string of the molecule is COc1cc2c(cc1NC(=O)CN(C)CC(=O)N(C)C)oc1ccccc12. The number of likely N-dealkylation sites (N-methyl/N-ethyl adjacent to an activating group) is 2. The van der Waals surface area contributed by atoms with Crippen LogP contribution in [-0.4, -0.2) is 63.0 Å². The third kappa shape index (κ3) is 4.03. The van der Waals surface area contributed by atoms with Gasteiger partial charge in [0.05, 0.1) is 25.9 Å². The van der Waals surface area contributed by atoms with E-state index in [1.165, 1.54) is 4.90 Å². The van der Waals surface area contributed by atoms with Gasteiger partial charge in [-0.15, -0.1) is 0 Å². The molecule has 0 spiro atoms. The van der Waals surface area contributed by atoms with E-state index in [9.17, 15) is 9.59 Å². The van der Waals surface area contributed by atoms with Crippen LogP contribution >= 0.6 is 0 Å². The number of methoxy groups -OCH3 is 1. The third-order valence-electron chi connectivity index (χ3n) is 4.29. The van der Waals surface area contributed by atoms with Gasteiger partial charge in [-0.2, -0.15) is 0 Å². The maximum absolute atomic E-state index is 12.4. The minimum absolute atomic E-state index is 0.0634. The van der Waals surface area contributed by atoms with Crippen LogP contribution in [0.2, 0.25) is 0 Å². The molecule has 0 radical (unpaired) electrons. The zero-order chi connectivity index (χ0) is 19.6. The highest BCUT2D eigenvalue weighted by atomic mass is 16.5. The van der Waals surface area contributed by atoms with E-state index < -0.39 is 0 Å². The normalized spacial score (nSPS) is 11.1. The van der Waals surface area contributed by atoms with Gasteiger partial charge in [0, 0.05) is 30.9 Å². The predicted octanol–water partition coefficient (Wildman–Crippen LogP) is 2.55. The maximum atomic E-state index is 12.4. The van der Waals surface area contributed by atoms with Crippen LogP contribution in [0.3, 0.4) is 0 Å². The molecule has 2 aromatic carbocycles. The van der Waals surface area contributed by atoms with Crippen molar-refractivity contribution in [3.05, 3.63) is 36.4 Å². The van der Waals surface area contributed by atoms with Crippen LogP contribution < -0.4 is 10.1 Å². The molecule has 27 heavy (non-hydrogen) atoms. The average molecular weight is 369 g/mol. The Morgan fingerprint density at radius 3 is 2.48 bits per heavy atom. The summed E-state index contributed by atoms with van der Waals surface area (Å²) < 4.78 is 11.3. The second kappa shape index (κ2) is 7.67. The van der Waals surface area contributed by atoms with E-state index >= 15 is 0 Å². The van der Waals surface area contributed by atoms with Gasteiger partial charge in [-0.1, -0.05) is 18.2 Å². The quantitative estimate of drug-likeness (QED) is 0.723. The lowest BCUT2D eigenvalue weighted by Crippen LogP contribution is -2.38. The Morgan fingerprint density at radius 1 is 1.04 bits per heavy atom. The van der Waals surface area contributed by atoms with Crippen molar-refractivity contribution < 1.29 is 18.7 Å². The first-order valence-corrected chi connectivity index (χ1v) is 8.57. The molecule has 0 unspecified atom stereocenters. The van der Waals surface area contributed by atoms with Crippen LogP contribution in [-0.2, 0) is 9.59 Å². The van der Waals surface area contributed by atoms with Gasteiger partial charge >= 0.3 is 0 Å². The smallest absolute Gasteiger partial charge is 0.238 e. The maximum Gasteiger partial charge on any atom is 0.238 e. The van der Waals surface area contributed by atoms with Crippen LogP contribution in [0.25, 0.3) is 21.9 Å². The van der Waals surface area contributed by atoms with Gasteiger partial charge in [-0.05, 0) is 19.2 Å². The monoisotopic (exact) mass is 369 g/mol. The number of fused-ring (bicyclic) bond motifs is 3. The number of hydrogen-bond donors (Lipinski definition) is 1. The number of ether oxygens (including phenoxy) is 1. The highest BCUT2D eigenvalue weighted by Crippen LogP contribution is 2.36. The van der Waals surface area contributed by atoms with E-state index in [-0.39, 0.29) is 24.9 Å². The zero-order valence-corrected chi connectivity index (χ0v) is 15.9. The van der Waals surface area contributed by atoms with Gasteiger partial charge in [0.2, 0.25) is 11.8 Å². The van der Waals surface area contributed by atoms with Crippen molar-refractivity contribution in [3.8, 4) is 5.75 Å². The van der Waals surface area contributed by atoms with Crippen LogP contribution in [0.5, 0.6) is 5.75 Å². The van der Waals surface area contributed by atoms with Crippen LogP contribution in [0.4, 0.5) is 5.69 Å². The highest BCUT2D eigenvalue weighted by molar-refractivity contribution is 6.07. The second-order valence-corrected chi connectivity index (χ2v) is 6.66. The molecular weight excluding hydrogens is 346 g/mol. The molecule has 3 aromatic rings. The van der Waals surface area contributed by atoms with Crippen LogP contribution in [0.1, 0.15) is 0 Å². The first-order chi connectivity index (χ1) is 12.9. The number of nitrogens with zero attached hydrogens (tertiary/aromatic N) is 2. The molecule has 1 heterocycles. The topological polar surface area (TPSA) is 75.0 Å². The second-order valence-electron chi connectivity index (χ2n) is 6.66.